The van der Waals surface area contributed by atoms with Crippen molar-refractivity contribution < 1.29 is 9.18 Å². The largest absolute Gasteiger partial charge is 0.294 e. The zero-order chi connectivity index (χ0) is 14.8. The van der Waals surface area contributed by atoms with Crippen LogP contribution in [0.25, 0.3) is 10.9 Å². The lowest BCUT2D eigenvalue weighted by atomic mass is 10.0. The van der Waals surface area contributed by atoms with E-state index in [2.05, 4.69) is 20.9 Å². The van der Waals surface area contributed by atoms with E-state index in [1.54, 1.807) is 36.5 Å². The van der Waals surface area contributed by atoms with Gasteiger partial charge in [-0.15, -0.1) is 0 Å². The molecule has 3 rings (SSSR count). The molecule has 1 heterocycles. The molecule has 0 saturated carbocycles. The van der Waals surface area contributed by atoms with Crippen molar-refractivity contribution >= 4 is 32.6 Å². The highest BCUT2D eigenvalue weighted by Gasteiger charge is 2.11. The van der Waals surface area contributed by atoms with E-state index in [-0.39, 0.29) is 18.0 Å². The molecule has 0 spiro atoms. The molecule has 3 aromatic rings. The van der Waals surface area contributed by atoms with Crippen molar-refractivity contribution in [1.29, 1.82) is 0 Å². The average molecular weight is 344 g/mol. The van der Waals surface area contributed by atoms with Crippen LogP contribution < -0.4 is 0 Å². The van der Waals surface area contributed by atoms with Gasteiger partial charge in [0.2, 0.25) is 0 Å². The van der Waals surface area contributed by atoms with Crippen molar-refractivity contribution in [2.45, 2.75) is 6.42 Å². The second-order valence-corrected chi connectivity index (χ2v) is 5.66. The van der Waals surface area contributed by atoms with Crippen molar-refractivity contribution in [3.05, 3.63) is 76.1 Å². The van der Waals surface area contributed by atoms with Gasteiger partial charge < -0.3 is 0 Å². The summed E-state index contributed by atoms with van der Waals surface area (Å²) in [6.07, 6.45) is 1.76. The van der Waals surface area contributed by atoms with E-state index < -0.39 is 0 Å². The predicted octanol–water partition coefficient (Wildman–Crippen LogP) is 4.56. The molecule has 0 radical (unpaired) electrons. The quantitative estimate of drug-likeness (QED) is 0.652. The number of aromatic nitrogens is 1. The first-order valence-corrected chi connectivity index (χ1v) is 7.25. The molecule has 4 heteroatoms. The molecule has 0 N–H and O–H groups in total. The Balaban J connectivity index is 1.89. The van der Waals surface area contributed by atoms with Crippen molar-refractivity contribution in [1.82, 2.24) is 4.98 Å². The summed E-state index contributed by atoms with van der Waals surface area (Å²) in [6, 6.07) is 13.8. The van der Waals surface area contributed by atoms with Crippen LogP contribution in [0.3, 0.4) is 0 Å². The van der Waals surface area contributed by atoms with Gasteiger partial charge in [0, 0.05) is 28.0 Å². The van der Waals surface area contributed by atoms with Crippen LogP contribution in [0, 0.1) is 5.82 Å². The third-order valence-corrected chi connectivity index (χ3v) is 3.78. The maximum atomic E-state index is 13.8. The Hall–Kier alpha value is -2.07. The molecular weight excluding hydrogens is 333 g/mol. The molecule has 0 aliphatic carbocycles. The molecule has 0 atom stereocenters. The number of ketones is 1. The number of halogens is 2. The minimum absolute atomic E-state index is 0.0465. The molecule has 0 saturated heterocycles. The maximum absolute atomic E-state index is 13.8. The Morgan fingerprint density at radius 2 is 2.00 bits per heavy atom. The van der Waals surface area contributed by atoms with Gasteiger partial charge in [-0.05, 0) is 42.0 Å². The standard InChI is InChI=1S/C17H11BrFNO/c18-14-5-3-11(15(19)10-14)9-17(21)13-4-6-16-12(8-13)2-1-7-20-16/h1-8,10H,9H2. The van der Waals surface area contributed by atoms with Gasteiger partial charge in [0.1, 0.15) is 5.82 Å². The molecule has 0 aliphatic heterocycles. The van der Waals surface area contributed by atoms with Crippen molar-refractivity contribution in [2.24, 2.45) is 0 Å². The van der Waals surface area contributed by atoms with Gasteiger partial charge in [-0.25, -0.2) is 4.39 Å². The van der Waals surface area contributed by atoms with Crippen LogP contribution in [0.5, 0.6) is 0 Å². The van der Waals surface area contributed by atoms with Gasteiger partial charge in [-0.3, -0.25) is 9.78 Å². The number of fused-ring (bicyclic) bond motifs is 1. The van der Waals surface area contributed by atoms with Gasteiger partial charge in [0.25, 0.3) is 0 Å². The summed E-state index contributed by atoms with van der Waals surface area (Å²) in [6.45, 7) is 0. The van der Waals surface area contributed by atoms with Crippen LogP contribution in [0.15, 0.2) is 59.2 Å². The number of hydrogen-bond donors (Lipinski definition) is 0. The van der Waals surface area contributed by atoms with E-state index in [0.29, 0.717) is 15.6 Å². The topological polar surface area (TPSA) is 30.0 Å². The third kappa shape index (κ3) is 3.00. The first kappa shape index (κ1) is 13.9. The summed E-state index contributed by atoms with van der Waals surface area (Å²) in [5.74, 6) is -0.484. The molecule has 2 nitrogen and oxygen atoms in total. The highest BCUT2D eigenvalue weighted by molar-refractivity contribution is 9.10. The fraction of sp³-hybridized carbons (Fsp3) is 0.0588. The summed E-state index contributed by atoms with van der Waals surface area (Å²) in [7, 11) is 0. The molecule has 0 aliphatic rings. The number of hydrogen-bond acceptors (Lipinski definition) is 2. The molecule has 1 aromatic heterocycles. The number of Topliss-reactive ketones (excluding diaryl/α,β-unsaturated/α-hetero) is 1. The molecule has 0 fully saturated rings. The first-order chi connectivity index (χ1) is 10.1. The van der Waals surface area contributed by atoms with E-state index in [1.165, 1.54) is 6.07 Å². The zero-order valence-electron chi connectivity index (χ0n) is 11.0. The van der Waals surface area contributed by atoms with Crippen LogP contribution in [0.4, 0.5) is 4.39 Å². The van der Waals surface area contributed by atoms with E-state index in [0.717, 1.165) is 10.9 Å². The lowest BCUT2D eigenvalue weighted by Crippen LogP contribution is -2.05. The Kier molecular flexibility index (Phi) is 3.80. The van der Waals surface area contributed by atoms with Gasteiger partial charge in [0.05, 0.1) is 5.52 Å². The van der Waals surface area contributed by atoms with E-state index in [9.17, 15) is 9.18 Å². The van der Waals surface area contributed by atoms with Crippen molar-refractivity contribution in [2.75, 3.05) is 0 Å². The predicted molar refractivity (Wildman–Crippen MR) is 83.9 cm³/mol. The number of benzene rings is 2. The molecule has 21 heavy (non-hydrogen) atoms. The van der Waals surface area contributed by atoms with Crippen LogP contribution in [-0.2, 0) is 6.42 Å². The first-order valence-electron chi connectivity index (χ1n) is 6.45. The number of pyridine rings is 1. The van der Waals surface area contributed by atoms with Crippen molar-refractivity contribution in [3.8, 4) is 0 Å². The van der Waals surface area contributed by atoms with Gasteiger partial charge in [-0.1, -0.05) is 28.1 Å². The lowest BCUT2D eigenvalue weighted by Gasteiger charge is -2.05. The second kappa shape index (κ2) is 5.74. The maximum Gasteiger partial charge on any atom is 0.167 e. The van der Waals surface area contributed by atoms with E-state index in [4.69, 9.17) is 0 Å². The Morgan fingerprint density at radius 3 is 2.81 bits per heavy atom. The fourth-order valence-electron chi connectivity index (χ4n) is 2.19. The second-order valence-electron chi connectivity index (χ2n) is 4.75. The van der Waals surface area contributed by atoms with Crippen LogP contribution in [0.2, 0.25) is 0 Å². The average Bonchev–Trinajstić information content (AvgIpc) is 2.49. The molecule has 0 amide bonds. The third-order valence-electron chi connectivity index (χ3n) is 3.29. The summed E-state index contributed by atoms with van der Waals surface area (Å²) in [4.78, 5) is 16.5. The number of rotatable bonds is 3. The zero-order valence-corrected chi connectivity index (χ0v) is 12.6. The SMILES string of the molecule is O=C(Cc1ccc(Br)cc1F)c1ccc2ncccc2c1. The number of nitrogens with zero attached hydrogens (tertiary/aromatic N) is 1. The van der Waals surface area contributed by atoms with E-state index in [1.807, 2.05) is 12.1 Å². The minimum atomic E-state index is -0.375. The summed E-state index contributed by atoms with van der Waals surface area (Å²) >= 11 is 3.20. The highest BCUT2D eigenvalue weighted by Crippen LogP contribution is 2.19. The Bertz CT molecular complexity index is 832. The fourth-order valence-corrected chi connectivity index (χ4v) is 2.52. The molecule has 0 unspecified atom stereocenters. The number of carbonyl (C=O) groups excluding carboxylic acids is 1. The Morgan fingerprint density at radius 1 is 1.14 bits per heavy atom. The minimum Gasteiger partial charge on any atom is -0.294 e. The summed E-state index contributed by atoms with van der Waals surface area (Å²) in [5.41, 5.74) is 1.80. The number of carbonyl (C=O) groups is 1. The van der Waals surface area contributed by atoms with Gasteiger partial charge in [-0.2, -0.15) is 0 Å². The summed E-state index contributed by atoms with van der Waals surface area (Å²) in [5, 5.41) is 0.902. The normalized spacial score (nSPS) is 10.8. The Labute approximate surface area is 129 Å². The summed E-state index contributed by atoms with van der Waals surface area (Å²) < 4.78 is 14.4. The van der Waals surface area contributed by atoms with Crippen LogP contribution >= 0.6 is 15.9 Å². The highest BCUT2D eigenvalue weighted by atomic mass is 79.9. The van der Waals surface area contributed by atoms with Gasteiger partial charge >= 0.3 is 0 Å². The lowest BCUT2D eigenvalue weighted by molar-refractivity contribution is 0.0992. The van der Waals surface area contributed by atoms with Gasteiger partial charge in [0.15, 0.2) is 5.78 Å². The van der Waals surface area contributed by atoms with Crippen LogP contribution in [-0.4, -0.2) is 10.8 Å². The smallest absolute Gasteiger partial charge is 0.167 e. The van der Waals surface area contributed by atoms with E-state index >= 15 is 0 Å². The molecule has 104 valence electrons. The van der Waals surface area contributed by atoms with Crippen molar-refractivity contribution in [3.63, 3.8) is 0 Å². The monoisotopic (exact) mass is 343 g/mol. The molecular formula is C17H11BrFNO. The molecule has 2 aromatic carbocycles. The molecule has 0 bridgehead atoms. The van der Waals surface area contributed by atoms with Crippen LogP contribution in [0.1, 0.15) is 15.9 Å².